The first-order valence-electron chi connectivity index (χ1n) is 5.73. The van der Waals surface area contributed by atoms with Gasteiger partial charge in [0.25, 0.3) is 5.91 Å². The zero-order valence-electron chi connectivity index (χ0n) is 10.1. The molecule has 0 radical (unpaired) electrons. The zero-order chi connectivity index (χ0) is 13.0. The number of hydrogen-bond donors (Lipinski definition) is 1. The molecule has 1 amide bonds. The molecular weight excluding hydrogens is 234 g/mol. The average Bonchev–Trinajstić information content (AvgIpc) is 2.46. The van der Waals surface area contributed by atoms with Gasteiger partial charge in [0.05, 0.1) is 12.7 Å². The van der Waals surface area contributed by atoms with E-state index in [1.54, 1.807) is 23.2 Å². The molecular formula is C12H15N3O3. The van der Waals surface area contributed by atoms with Crippen molar-refractivity contribution in [1.29, 1.82) is 0 Å². The lowest BCUT2D eigenvalue weighted by atomic mass is 10.1. The summed E-state index contributed by atoms with van der Waals surface area (Å²) in [6.45, 7) is 1.47. The van der Waals surface area contributed by atoms with Gasteiger partial charge in [-0.15, -0.1) is 0 Å². The van der Waals surface area contributed by atoms with Gasteiger partial charge in [-0.25, -0.2) is 0 Å². The number of nitrogens with zero attached hydrogens (tertiary/aromatic N) is 2. The second kappa shape index (κ2) is 5.59. The Hall–Kier alpha value is -1.95. The van der Waals surface area contributed by atoms with Gasteiger partial charge in [0.1, 0.15) is 6.04 Å². The normalized spacial score (nSPS) is 19.4. The SMILES string of the molecule is COC(=O)[C@@H]1CN(C(=O)c2cccnc2)CCN1. The van der Waals surface area contributed by atoms with Gasteiger partial charge in [0, 0.05) is 32.0 Å². The molecule has 6 heteroatoms. The van der Waals surface area contributed by atoms with Crippen LogP contribution in [-0.2, 0) is 9.53 Å². The van der Waals surface area contributed by atoms with E-state index in [9.17, 15) is 9.59 Å². The molecule has 1 aliphatic heterocycles. The van der Waals surface area contributed by atoms with Crippen LogP contribution in [0.25, 0.3) is 0 Å². The molecule has 18 heavy (non-hydrogen) atoms. The van der Waals surface area contributed by atoms with Crippen molar-refractivity contribution in [2.75, 3.05) is 26.7 Å². The predicted octanol–water partition coefficient (Wildman–Crippen LogP) is -0.331. The first-order chi connectivity index (χ1) is 8.72. The van der Waals surface area contributed by atoms with Gasteiger partial charge < -0.3 is 15.0 Å². The Kier molecular flexibility index (Phi) is 3.88. The number of nitrogens with one attached hydrogen (secondary N) is 1. The third-order valence-electron chi connectivity index (χ3n) is 2.86. The van der Waals surface area contributed by atoms with Crippen molar-refractivity contribution in [3.8, 4) is 0 Å². The molecule has 0 unspecified atom stereocenters. The van der Waals surface area contributed by atoms with Crippen LogP contribution in [-0.4, -0.2) is 54.5 Å². The fourth-order valence-electron chi connectivity index (χ4n) is 1.91. The summed E-state index contributed by atoms with van der Waals surface area (Å²) in [7, 11) is 1.34. The molecule has 2 rings (SSSR count). The molecule has 0 aliphatic carbocycles. The number of hydrogen-bond acceptors (Lipinski definition) is 5. The van der Waals surface area contributed by atoms with Crippen molar-refractivity contribution in [2.24, 2.45) is 0 Å². The summed E-state index contributed by atoms with van der Waals surface area (Å²) in [5, 5.41) is 3.02. The van der Waals surface area contributed by atoms with Gasteiger partial charge >= 0.3 is 5.97 Å². The summed E-state index contributed by atoms with van der Waals surface area (Å²) in [6.07, 6.45) is 3.14. The highest BCUT2D eigenvalue weighted by Gasteiger charge is 2.28. The minimum atomic E-state index is -0.454. The smallest absolute Gasteiger partial charge is 0.324 e. The predicted molar refractivity (Wildman–Crippen MR) is 63.9 cm³/mol. The molecule has 1 atom stereocenters. The molecule has 1 fully saturated rings. The van der Waals surface area contributed by atoms with Gasteiger partial charge in [-0.2, -0.15) is 0 Å². The maximum absolute atomic E-state index is 12.2. The van der Waals surface area contributed by atoms with Gasteiger partial charge in [0.2, 0.25) is 0 Å². The number of esters is 1. The summed E-state index contributed by atoms with van der Waals surface area (Å²) in [5.41, 5.74) is 0.531. The number of ether oxygens (including phenoxy) is 1. The summed E-state index contributed by atoms with van der Waals surface area (Å²) in [5.74, 6) is -0.461. The lowest BCUT2D eigenvalue weighted by Crippen LogP contribution is -2.56. The largest absolute Gasteiger partial charge is 0.468 e. The first-order valence-corrected chi connectivity index (χ1v) is 5.73. The topological polar surface area (TPSA) is 71.5 Å². The molecule has 2 heterocycles. The Bertz CT molecular complexity index is 435. The Labute approximate surface area is 105 Å². The lowest BCUT2D eigenvalue weighted by molar-refractivity contribution is -0.144. The highest BCUT2D eigenvalue weighted by Crippen LogP contribution is 2.07. The maximum Gasteiger partial charge on any atom is 0.324 e. The van der Waals surface area contributed by atoms with Crippen LogP contribution in [0.4, 0.5) is 0 Å². The van der Waals surface area contributed by atoms with Crippen LogP contribution in [0, 0.1) is 0 Å². The van der Waals surface area contributed by atoms with E-state index < -0.39 is 6.04 Å². The Morgan fingerprint density at radius 3 is 3.06 bits per heavy atom. The fraction of sp³-hybridized carbons (Fsp3) is 0.417. The van der Waals surface area contributed by atoms with E-state index in [1.165, 1.54) is 13.3 Å². The van der Waals surface area contributed by atoms with E-state index in [-0.39, 0.29) is 11.9 Å². The second-order valence-electron chi connectivity index (χ2n) is 4.02. The molecule has 0 bridgehead atoms. The third kappa shape index (κ3) is 2.65. The van der Waals surface area contributed by atoms with Gasteiger partial charge in [-0.05, 0) is 12.1 Å². The average molecular weight is 249 g/mol. The number of methoxy groups -OCH3 is 1. The standard InChI is InChI=1S/C12H15N3O3/c1-18-12(17)10-8-15(6-5-14-10)11(16)9-3-2-4-13-7-9/h2-4,7,10,14H,5-6,8H2,1H3/t10-/m0/s1. The Morgan fingerprint density at radius 1 is 1.56 bits per heavy atom. The number of pyridine rings is 1. The molecule has 1 aliphatic rings. The second-order valence-corrected chi connectivity index (χ2v) is 4.02. The molecule has 1 N–H and O–H groups in total. The van der Waals surface area contributed by atoms with Crippen molar-refractivity contribution in [3.63, 3.8) is 0 Å². The molecule has 0 spiro atoms. The van der Waals surface area contributed by atoms with Crippen molar-refractivity contribution >= 4 is 11.9 Å². The number of aromatic nitrogens is 1. The number of piperazine rings is 1. The molecule has 6 nitrogen and oxygen atoms in total. The molecule has 1 saturated heterocycles. The molecule has 1 aromatic rings. The van der Waals surface area contributed by atoms with Crippen LogP contribution in [0.2, 0.25) is 0 Å². The number of carbonyl (C=O) groups is 2. The van der Waals surface area contributed by atoms with E-state index >= 15 is 0 Å². The summed E-state index contributed by atoms with van der Waals surface area (Å²) in [4.78, 5) is 29.1. The quantitative estimate of drug-likeness (QED) is 0.727. The molecule has 0 aromatic carbocycles. The molecule has 1 aromatic heterocycles. The summed E-state index contributed by atoms with van der Waals surface area (Å²) in [6, 6.07) is 2.97. The van der Waals surface area contributed by atoms with Gasteiger partial charge in [-0.3, -0.25) is 14.6 Å². The Balaban J connectivity index is 2.05. The first kappa shape index (κ1) is 12.5. The van der Waals surface area contributed by atoms with Gasteiger partial charge in [-0.1, -0.05) is 0 Å². The van der Waals surface area contributed by atoms with Crippen molar-refractivity contribution in [1.82, 2.24) is 15.2 Å². The minimum absolute atomic E-state index is 0.112. The van der Waals surface area contributed by atoms with Crippen LogP contribution in [0.1, 0.15) is 10.4 Å². The zero-order valence-corrected chi connectivity index (χ0v) is 10.1. The van der Waals surface area contributed by atoms with E-state index in [0.717, 1.165) is 0 Å². The number of rotatable bonds is 2. The highest BCUT2D eigenvalue weighted by molar-refractivity contribution is 5.94. The van der Waals surface area contributed by atoms with Gasteiger partial charge in [0.15, 0.2) is 0 Å². The molecule has 96 valence electrons. The fourth-order valence-corrected chi connectivity index (χ4v) is 1.91. The van der Waals surface area contributed by atoms with Crippen LogP contribution in [0.5, 0.6) is 0 Å². The van der Waals surface area contributed by atoms with E-state index in [0.29, 0.717) is 25.2 Å². The van der Waals surface area contributed by atoms with Crippen molar-refractivity contribution in [2.45, 2.75) is 6.04 Å². The van der Waals surface area contributed by atoms with Crippen LogP contribution in [0.15, 0.2) is 24.5 Å². The minimum Gasteiger partial charge on any atom is -0.468 e. The van der Waals surface area contributed by atoms with E-state index in [4.69, 9.17) is 0 Å². The maximum atomic E-state index is 12.2. The van der Waals surface area contributed by atoms with Crippen molar-refractivity contribution < 1.29 is 14.3 Å². The van der Waals surface area contributed by atoms with Crippen molar-refractivity contribution in [3.05, 3.63) is 30.1 Å². The molecule has 0 saturated carbocycles. The van der Waals surface area contributed by atoms with Crippen LogP contribution < -0.4 is 5.32 Å². The van der Waals surface area contributed by atoms with E-state index in [1.807, 2.05) is 0 Å². The highest BCUT2D eigenvalue weighted by atomic mass is 16.5. The Morgan fingerprint density at radius 2 is 2.39 bits per heavy atom. The lowest BCUT2D eigenvalue weighted by Gasteiger charge is -2.32. The van der Waals surface area contributed by atoms with E-state index in [2.05, 4.69) is 15.0 Å². The van der Waals surface area contributed by atoms with Crippen LogP contribution in [0.3, 0.4) is 0 Å². The number of amides is 1. The summed E-state index contributed by atoms with van der Waals surface area (Å²) < 4.78 is 4.67. The van der Waals surface area contributed by atoms with Crippen LogP contribution >= 0.6 is 0 Å². The summed E-state index contributed by atoms with van der Waals surface area (Å²) >= 11 is 0. The number of carbonyl (C=O) groups excluding carboxylic acids is 2. The third-order valence-corrected chi connectivity index (χ3v) is 2.86. The monoisotopic (exact) mass is 249 g/mol.